The summed E-state index contributed by atoms with van der Waals surface area (Å²) in [5.41, 5.74) is 6.49. The van der Waals surface area contributed by atoms with Gasteiger partial charge < -0.3 is 10.6 Å². The summed E-state index contributed by atoms with van der Waals surface area (Å²) in [5, 5.41) is 0.457. The quantitative estimate of drug-likeness (QED) is 0.822. The van der Waals surface area contributed by atoms with Crippen molar-refractivity contribution in [1.29, 1.82) is 0 Å². The van der Waals surface area contributed by atoms with Crippen molar-refractivity contribution >= 4 is 34.1 Å². The van der Waals surface area contributed by atoms with Gasteiger partial charge in [-0.15, -0.1) is 11.8 Å². The lowest BCUT2D eigenvalue weighted by Gasteiger charge is -2.15. The van der Waals surface area contributed by atoms with E-state index in [0.29, 0.717) is 5.13 Å². The zero-order valence-corrected chi connectivity index (χ0v) is 10.9. The Morgan fingerprint density at radius 2 is 2.20 bits per heavy atom. The number of hydrogen-bond acceptors (Lipinski definition) is 5. The van der Waals surface area contributed by atoms with Crippen LogP contribution in [0.25, 0.3) is 0 Å². The highest BCUT2D eigenvalue weighted by Gasteiger charge is 2.18. The fraction of sp³-hybridized carbons (Fsp3) is 0.556. The van der Waals surface area contributed by atoms with Crippen LogP contribution in [0.5, 0.6) is 0 Å². The highest BCUT2D eigenvalue weighted by Crippen LogP contribution is 2.33. The van der Waals surface area contributed by atoms with Crippen LogP contribution >= 0.6 is 23.1 Å². The monoisotopic (exact) mass is 245 g/mol. The van der Waals surface area contributed by atoms with Crippen LogP contribution in [0.4, 0.5) is 5.13 Å². The Labute approximate surface area is 97.9 Å². The van der Waals surface area contributed by atoms with Crippen molar-refractivity contribution in [2.45, 2.75) is 23.3 Å². The zero-order chi connectivity index (χ0) is 11.6. The maximum Gasteiger partial charge on any atom is 0.235 e. The molecule has 0 saturated carbocycles. The molecule has 0 aromatic carbocycles. The third-order valence-electron chi connectivity index (χ3n) is 1.84. The van der Waals surface area contributed by atoms with Gasteiger partial charge in [-0.25, -0.2) is 4.98 Å². The molecular formula is C9H15N3OS2. The molecular weight excluding hydrogens is 230 g/mol. The molecule has 1 unspecified atom stereocenters. The van der Waals surface area contributed by atoms with Crippen LogP contribution in [0.1, 0.15) is 12.6 Å². The zero-order valence-electron chi connectivity index (χ0n) is 9.27. The molecule has 1 amide bonds. The Morgan fingerprint density at radius 3 is 2.60 bits per heavy atom. The third-order valence-corrected chi connectivity index (χ3v) is 4.23. The number of hydrogen-bond donors (Lipinski definition) is 1. The van der Waals surface area contributed by atoms with Gasteiger partial charge in [0.1, 0.15) is 0 Å². The average molecular weight is 245 g/mol. The first-order valence-corrected chi connectivity index (χ1v) is 6.22. The normalized spacial score (nSPS) is 12.5. The van der Waals surface area contributed by atoms with Gasteiger partial charge in [0.05, 0.1) is 15.2 Å². The molecule has 15 heavy (non-hydrogen) atoms. The molecule has 0 radical (unpaired) electrons. The van der Waals surface area contributed by atoms with Crippen LogP contribution in [0.15, 0.2) is 4.21 Å². The number of rotatable bonds is 3. The first-order chi connectivity index (χ1) is 6.91. The Balaban J connectivity index is 2.70. The number of aryl methyl sites for hydroxylation is 1. The van der Waals surface area contributed by atoms with Gasteiger partial charge >= 0.3 is 0 Å². The third kappa shape index (κ3) is 3.10. The lowest BCUT2D eigenvalue weighted by molar-refractivity contribution is -0.127. The Kier molecular flexibility index (Phi) is 3.98. The second kappa shape index (κ2) is 4.85. The Morgan fingerprint density at radius 1 is 1.60 bits per heavy atom. The van der Waals surface area contributed by atoms with Gasteiger partial charge in [-0.2, -0.15) is 0 Å². The Hall–Kier alpha value is -0.750. The molecule has 84 valence electrons. The van der Waals surface area contributed by atoms with Gasteiger partial charge in [0.15, 0.2) is 5.13 Å². The van der Waals surface area contributed by atoms with Crippen LogP contribution in [0, 0.1) is 6.92 Å². The van der Waals surface area contributed by atoms with Crippen molar-refractivity contribution in [3.8, 4) is 0 Å². The summed E-state index contributed by atoms with van der Waals surface area (Å²) in [6.07, 6.45) is 0. The predicted molar refractivity (Wildman–Crippen MR) is 65.3 cm³/mol. The number of aromatic nitrogens is 1. The number of carbonyl (C=O) groups excluding carboxylic acids is 1. The summed E-state index contributed by atoms with van der Waals surface area (Å²) in [6.45, 7) is 3.80. The number of nitrogens with zero attached hydrogens (tertiary/aromatic N) is 2. The SMILES string of the molecule is Cc1nc(N)sc1SC(C)C(=O)N(C)C. The fourth-order valence-electron chi connectivity index (χ4n) is 1.09. The van der Waals surface area contributed by atoms with Crippen LogP contribution < -0.4 is 5.73 Å². The molecule has 0 aliphatic rings. The van der Waals surface area contributed by atoms with Gasteiger partial charge in [-0.1, -0.05) is 11.3 Å². The fourth-order valence-corrected chi connectivity index (χ4v) is 3.38. The largest absolute Gasteiger partial charge is 0.375 e. The van der Waals surface area contributed by atoms with Crippen LogP contribution in [0.3, 0.4) is 0 Å². The molecule has 6 heteroatoms. The van der Waals surface area contributed by atoms with E-state index in [1.165, 1.54) is 23.1 Å². The van der Waals surface area contributed by atoms with Crippen molar-refractivity contribution in [1.82, 2.24) is 9.88 Å². The van der Waals surface area contributed by atoms with E-state index < -0.39 is 0 Å². The number of thioether (sulfide) groups is 1. The molecule has 0 bridgehead atoms. The molecule has 4 nitrogen and oxygen atoms in total. The van der Waals surface area contributed by atoms with Crippen molar-refractivity contribution in [3.63, 3.8) is 0 Å². The molecule has 0 saturated heterocycles. The lowest BCUT2D eigenvalue weighted by atomic mass is 10.4. The van der Waals surface area contributed by atoms with Crippen molar-refractivity contribution in [2.24, 2.45) is 0 Å². The molecule has 0 spiro atoms. The van der Waals surface area contributed by atoms with Crippen molar-refractivity contribution in [2.75, 3.05) is 19.8 Å². The van der Waals surface area contributed by atoms with E-state index in [0.717, 1.165) is 9.90 Å². The minimum absolute atomic E-state index is 0.0986. The van der Waals surface area contributed by atoms with Gasteiger partial charge in [0.25, 0.3) is 0 Å². The lowest BCUT2D eigenvalue weighted by Crippen LogP contribution is -2.29. The molecule has 0 aliphatic carbocycles. The van der Waals surface area contributed by atoms with E-state index >= 15 is 0 Å². The van der Waals surface area contributed by atoms with Gasteiger partial charge in [0, 0.05) is 14.1 Å². The van der Waals surface area contributed by atoms with Crippen LogP contribution in [-0.2, 0) is 4.79 Å². The topological polar surface area (TPSA) is 59.2 Å². The van der Waals surface area contributed by atoms with E-state index in [2.05, 4.69) is 4.98 Å². The highest BCUT2D eigenvalue weighted by atomic mass is 32.2. The van der Waals surface area contributed by atoms with E-state index in [1.807, 2.05) is 13.8 Å². The number of anilines is 1. The van der Waals surface area contributed by atoms with Gasteiger partial charge in [-0.05, 0) is 13.8 Å². The molecule has 1 aromatic heterocycles. The molecule has 1 aromatic rings. The summed E-state index contributed by atoms with van der Waals surface area (Å²) in [6, 6.07) is 0. The number of nitrogens with two attached hydrogens (primary N) is 1. The first-order valence-electron chi connectivity index (χ1n) is 4.52. The molecule has 2 N–H and O–H groups in total. The number of thiazole rings is 1. The van der Waals surface area contributed by atoms with Crippen molar-refractivity contribution < 1.29 is 4.79 Å². The van der Waals surface area contributed by atoms with Gasteiger partial charge in [0.2, 0.25) is 5.91 Å². The minimum Gasteiger partial charge on any atom is -0.375 e. The second-order valence-corrected chi connectivity index (χ2v) is 6.06. The molecule has 1 heterocycles. The average Bonchev–Trinajstić information content (AvgIpc) is 2.43. The maximum absolute atomic E-state index is 11.6. The smallest absolute Gasteiger partial charge is 0.235 e. The summed E-state index contributed by atoms with van der Waals surface area (Å²) in [7, 11) is 3.51. The Bertz CT molecular complexity index is 362. The maximum atomic E-state index is 11.6. The van der Waals surface area contributed by atoms with Crippen molar-refractivity contribution in [3.05, 3.63) is 5.69 Å². The van der Waals surface area contributed by atoms with Crippen LogP contribution in [-0.4, -0.2) is 35.1 Å². The number of amides is 1. The first kappa shape index (κ1) is 12.3. The molecule has 1 rings (SSSR count). The predicted octanol–water partition coefficient (Wildman–Crippen LogP) is 1.60. The summed E-state index contributed by atoms with van der Waals surface area (Å²) in [5.74, 6) is 0.103. The standard InChI is InChI=1S/C9H15N3OS2/c1-5-8(15-9(10)11-5)14-6(2)7(13)12(3)4/h6H,1-4H3,(H2,10,11). The minimum atomic E-state index is -0.0986. The summed E-state index contributed by atoms with van der Waals surface area (Å²) in [4.78, 5) is 17.3. The van der Waals surface area contributed by atoms with Gasteiger partial charge in [-0.3, -0.25) is 4.79 Å². The van der Waals surface area contributed by atoms with Crippen LogP contribution in [0.2, 0.25) is 0 Å². The second-order valence-electron chi connectivity index (χ2n) is 3.42. The summed E-state index contributed by atoms with van der Waals surface area (Å²) < 4.78 is 1.02. The van der Waals surface area contributed by atoms with E-state index in [9.17, 15) is 4.79 Å². The van der Waals surface area contributed by atoms with E-state index in [1.54, 1.807) is 19.0 Å². The molecule has 0 aliphatic heterocycles. The molecule has 1 atom stereocenters. The number of nitrogen functional groups attached to an aromatic ring is 1. The number of carbonyl (C=O) groups is 1. The van der Waals surface area contributed by atoms with E-state index in [4.69, 9.17) is 5.73 Å². The molecule has 0 fully saturated rings. The summed E-state index contributed by atoms with van der Waals surface area (Å²) >= 11 is 2.94. The van der Waals surface area contributed by atoms with E-state index in [-0.39, 0.29) is 11.2 Å². The highest BCUT2D eigenvalue weighted by molar-refractivity contribution is 8.02.